The van der Waals surface area contributed by atoms with Gasteiger partial charge in [-0.3, -0.25) is 0 Å². The summed E-state index contributed by atoms with van der Waals surface area (Å²) >= 11 is 0. The predicted molar refractivity (Wildman–Crippen MR) is 137 cm³/mol. The van der Waals surface area contributed by atoms with Crippen LogP contribution in [0.1, 0.15) is 36.6 Å². The number of esters is 1. The van der Waals surface area contributed by atoms with Crippen molar-refractivity contribution in [1.82, 2.24) is 9.55 Å². The van der Waals surface area contributed by atoms with Gasteiger partial charge in [0.15, 0.2) is 23.0 Å². The minimum atomic E-state index is -0.940. The van der Waals surface area contributed by atoms with E-state index >= 15 is 0 Å². The number of carbonyl (C=O) groups is 1. The average molecular weight is 536 g/mol. The smallest absolute Gasteiger partial charge is 0.362 e. The summed E-state index contributed by atoms with van der Waals surface area (Å²) in [6, 6.07) is 8.90. The van der Waals surface area contributed by atoms with Gasteiger partial charge in [0.25, 0.3) is 6.01 Å². The molecule has 3 heterocycles. The molecule has 0 unspecified atom stereocenters. The third-order valence-corrected chi connectivity index (χ3v) is 6.10. The van der Waals surface area contributed by atoms with Crippen LogP contribution in [-0.2, 0) is 9.53 Å². The zero-order valence-corrected chi connectivity index (χ0v) is 21.3. The molecule has 0 amide bonds. The van der Waals surface area contributed by atoms with E-state index in [-0.39, 0.29) is 63.7 Å². The molecule has 1 aliphatic rings. The molecule has 0 bridgehead atoms. The van der Waals surface area contributed by atoms with E-state index in [2.05, 4.69) is 4.98 Å². The van der Waals surface area contributed by atoms with E-state index < -0.39 is 17.5 Å². The van der Waals surface area contributed by atoms with Crippen molar-refractivity contribution in [1.29, 1.82) is 0 Å². The number of rotatable bonds is 7. The van der Waals surface area contributed by atoms with Gasteiger partial charge in [-0.2, -0.15) is 4.98 Å². The largest absolute Gasteiger partial charge is 0.504 e. The molecule has 0 radical (unpaired) electrons. The molecule has 0 saturated carbocycles. The van der Waals surface area contributed by atoms with Gasteiger partial charge in [-0.15, -0.1) is 0 Å². The van der Waals surface area contributed by atoms with Crippen LogP contribution in [0.2, 0.25) is 0 Å². The Labute approximate surface area is 220 Å². The minimum absolute atomic E-state index is 0.00361. The van der Waals surface area contributed by atoms with E-state index in [0.29, 0.717) is 17.7 Å². The lowest BCUT2D eigenvalue weighted by Gasteiger charge is -2.22. The maximum Gasteiger partial charge on any atom is 0.362 e. The Hall–Kier alpha value is -5.13. The van der Waals surface area contributed by atoms with Gasteiger partial charge in [-0.05, 0) is 55.3 Å². The fraction of sp³-hybridized carbons (Fsp3) is 0.222. The van der Waals surface area contributed by atoms with E-state index in [4.69, 9.17) is 28.8 Å². The van der Waals surface area contributed by atoms with Gasteiger partial charge in [0.1, 0.15) is 16.6 Å². The first kappa shape index (κ1) is 25.5. The topological polar surface area (TPSA) is 172 Å². The molecule has 5 rings (SSSR count). The number of phenolic OH excluding ortho intramolecular Hbond substituents is 2. The maximum atomic E-state index is 13.2. The summed E-state index contributed by atoms with van der Waals surface area (Å²) in [5, 5.41) is 20.3. The van der Waals surface area contributed by atoms with Crippen LogP contribution in [0.3, 0.4) is 0 Å². The number of benzene rings is 2. The van der Waals surface area contributed by atoms with Gasteiger partial charge >= 0.3 is 11.6 Å². The van der Waals surface area contributed by atoms with Gasteiger partial charge in [-0.1, -0.05) is 12.1 Å². The molecule has 1 atom stereocenters. The quantitative estimate of drug-likeness (QED) is 0.293. The third kappa shape index (κ3) is 4.35. The normalized spacial score (nSPS) is 14.6. The first-order valence-corrected chi connectivity index (χ1v) is 12.0. The van der Waals surface area contributed by atoms with Gasteiger partial charge in [-0.25, -0.2) is 14.2 Å². The Bertz CT molecular complexity index is 1760. The van der Waals surface area contributed by atoms with Crippen molar-refractivity contribution in [3.05, 3.63) is 74.5 Å². The Kier molecular flexibility index (Phi) is 6.52. The fourth-order valence-electron chi connectivity index (χ4n) is 4.51. The summed E-state index contributed by atoms with van der Waals surface area (Å²) in [4.78, 5) is 30.7. The summed E-state index contributed by atoms with van der Waals surface area (Å²) in [6.45, 7) is 4.15. The van der Waals surface area contributed by atoms with Gasteiger partial charge < -0.3 is 39.0 Å². The number of hydrogen-bond donors (Lipinski definition) is 3. The van der Waals surface area contributed by atoms with Crippen molar-refractivity contribution in [2.24, 2.45) is 0 Å². The van der Waals surface area contributed by atoms with Crippen LogP contribution in [0.5, 0.6) is 23.0 Å². The number of nitrogens with two attached hydrogens (primary N) is 1. The molecule has 1 aliphatic heterocycles. The molecule has 202 valence electrons. The zero-order valence-electron chi connectivity index (χ0n) is 21.3. The molecular formula is C27H25N3O9. The number of methoxy groups -OCH3 is 1. The van der Waals surface area contributed by atoms with Crippen LogP contribution in [0.15, 0.2) is 50.0 Å². The number of nitrogen functional groups attached to an aromatic ring is 1. The summed E-state index contributed by atoms with van der Waals surface area (Å²) in [5.74, 6) is -1.40. The highest BCUT2D eigenvalue weighted by Crippen LogP contribution is 2.41. The van der Waals surface area contributed by atoms with Crippen molar-refractivity contribution in [3.63, 3.8) is 0 Å². The van der Waals surface area contributed by atoms with E-state index in [0.717, 1.165) is 0 Å². The Balaban J connectivity index is 1.84. The zero-order chi connectivity index (χ0) is 27.8. The van der Waals surface area contributed by atoms with Crippen LogP contribution in [0.25, 0.3) is 17.5 Å². The van der Waals surface area contributed by atoms with Gasteiger partial charge in [0, 0.05) is 0 Å². The first-order valence-electron chi connectivity index (χ1n) is 12.0. The van der Waals surface area contributed by atoms with Crippen molar-refractivity contribution < 1.29 is 38.1 Å². The molecule has 2 aromatic carbocycles. The fourth-order valence-corrected chi connectivity index (χ4v) is 4.51. The number of nitrogens with zero attached hydrogens (tertiary/aromatic N) is 2. The molecular weight excluding hydrogens is 510 g/mol. The number of aromatic hydroxyl groups is 2. The molecule has 4 N–H and O–H groups in total. The number of phenols is 2. The molecule has 0 spiro atoms. The Morgan fingerprint density at radius 3 is 2.41 bits per heavy atom. The first-order chi connectivity index (χ1) is 18.8. The molecule has 0 fully saturated rings. The van der Waals surface area contributed by atoms with Crippen LogP contribution >= 0.6 is 0 Å². The van der Waals surface area contributed by atoms with E-state index in [1.807, 2.05) is 0 Å². The molecule has 0 aliphatic carbocycles. The maximum absolute atomic E-state index is 13.2. The van der Waals surface area contributed by atoms with Crippen molar-refractivity contribution >= 4 is 23.6 Å². The SMILES string of the molecule is CCOc1cc(/C=c2\c(=O)oc3n2-c2oc(N)nc2[C@@H](c2ccc(O)c(OCC)c2)C=3C(=O)OC)ccc1O. The second kappa shape index (κ2) is 9.97. The average Bonchev–Trinajstić information content (AvgIpc) is 3.45. The van der Waals surface area contributed by atoms with E-state index in [9.17, 15) is 19.8 Å². The van der Waals surface area contributed by atoms with Crippen molar-refractivity contribution in [2.75, 3.05) is 26.1 Å². The number of hydrogen-bond acceptors (Lipinski definition) is 11. The van der Waals surface area contributed by atoms with Crippen LogP contribution in [0, 0.1) is 0 Å². The van der Waals surface area contributed by atoms with Crippen LogP contribution in [-0.4, -0.2) is 46.1 Å². The lowest BCUT2D eigenvalue weighted by molar-refractivity contribution is -0.134. The van der Waals surface area contributed by atoms with Gasteiger partial charge in [0.2, 0.25) is 11.4 Å². The monoisotopic (exact) mass is 535 g/mol. The summed E-state index contributed by atoms with van der Waals surface area (Å²) in [6.07, 6.45) is 1.49. The van der Waals surface area contributed by atoms with E-state index in [1.165, 1.54) is 29.9 Å². The molecule has 0 saturated heterocycles. The second-order valence-electron chi connectivity index (χ2n) is 8.46. The highest BCUT2D eigenvalue weighted by atomic mass is 16.5. The Morgan fingerprint density at radius 1 is 1.08 bits per heavy atom. The number of carbonyl (C=O) groups excluding carboxylic acids is 1. The van der Waals surface area contributed by atoms with Crippen molar-refractivity contribution in [2.45, 2.75) is 19.8 Å². The minimum Gasteiger partial charge on any atom is -0.504 e. The number of aromatic nitrogens is 2. The summed E-state index contributed by atoms with van der Waals surface area (Å²) < 4.78 is 28.7. The number of fused-ring (bicyclic) bond motifs is 3. The number of ether oxygens (including phenoxy) is 3. The highest BCUT2D eigenvalue weighted by molar-refractivity contribution is 6.12. The highest BCUT2D eigenvalue weighted by Gasteiger charge is 2.39. The molecule has 2 aromatic heterocycles. The van der Waals surface area contributed by atoms with Crippen LogP contribution < -0.4 is 31.7 Å². The molecule has 4 aromatic rings. The molecule has 12 nitrogen and oxygen atoms in total. The third-order valence-electron chi connectivity index (χ3n) is 6.10. The lowest BCUT2D eigenvalue weighted by Crippen LogP contribution is -2.37. The molecule has 39 heavy (non-hydrogen) atoms. The van der Waals surface area contributed by atoms with Gasteiger partial charge in [0.05, 0.1) is 26.2 Å². The lowest BCUT2D eigenvalue weighted by atomic mass is 9.86. The predicted octanol–water partition coefficient (Wildman–Crippen LogP) is 1.51. The Morgan fingerprint density at radius 2 is 1.74 bits per heavy atom. The van der Waals surface area contributed by atoms with Crippen LogP contribution in [0.4, 0.5) is 6.01 Å². The summed E-state index contributed by atoms with van der Waals surface area (Å²) in [5.41, 5.74) is 6.19. The molecule has 12 heteroatoms. The second-order valence-corrected chi connectivity index (χ2v) is 8.46. The number of anilines is 1. The van der Waals surface area contributed by atoms with E-state index in [1.54, 1.807) is 38.1 Å². The summed E-state index contributed by atoms with van der Waals surface area (Å²) in [7, 11) is 1.20. The number of oxazole rings is 2. The standard InChI is InChI=1S/C27H25N3O9/c1-4-36-18-11-13(6-8-16(18)31)10-15-25(33)38-23-21(26(34)35-3)20(22-24(30(15)23)39-27(28)29-22)14-7-9-17(32)19(12-14)37-5-2/h6-12,20,31-32H,4-5H2,1-3H3,(H2,28,29)/b15-10+/t20-/m0/s1. The van der Waals surface area contributed by atoms with Crippen molar-refractivity contribution in [3.8, 4) is 28.9 Å².